The second kappa shape index (κ2) is 6.90. The van der Waals surface area contributed by atoms with Gasteiger partial charge in [-0.3, -0.25) is 0 Å². The minimum atomic E-state index is -3.09. The van der Waals surface area contributed by atoms with Gasteiger partial charge in [0.15, 0.2) is 9.84 Å². The molecule has 0 saturated carbocycles. The second-order valence-corrected chi connectivity index (χ2v) is 6.77. The monoisotopic (exact) mass is 269 g/mol. The first-order valence-corrected chi connectivity index (χ1v) is 8.38. The van der Waals surface area contributed by atoms with E-state index in [0.29, 0.717) is 17.4 Å². The van der Waals surface area contributed by atoms with E-state index in [2.05, 4.69) is 6.92 Å². The lowest BCUT2D eigenvalue weighted by Gasteiger charge is -2.16. The van der Waals surface area contributed by atoms with E-state index in [0.717, 1.165) is 25.7 Å². The average molecular weight is 269 g/mol. The Morgan fingerprint density at radius 2 is 1.78 bits per heavy atom. The Hall–Kier alpha value is -0.870. The summed E-state index contributed by atoms with van der Waals surface area (Å²) in [6, 6.07) is 7.28. The van der Waals surface area contributed by atoms with Crippen molar-refractivity contribution in [1.82, 2.24) is 0 Å². The quantitative estimate of drug-likeness (QED) is 0.828. The van der Waals surface area contributed by atoms with Gasteiger partial charge in [-0.2, -0.15) is 0 Å². The highest BCUT2D eigenvalue weighted by Crippen LogP contribution is 2.27. The summed E-state index contributed by atoms with van der Waals surface area (Å²) in [6.07, 6.45) is 5.57. The molecule has 2 N–H and O–H groups in total. The molecule has 1 aromatic rings. The van der Waals surface area contributed by atoms with Crippen LogP contribution in [0.4, 0.5) is 0 Å². The molecule has 0 saturated heterocycles. The maximum absolute atomic E-state index is 11.4. The maximum Gasteiger partial charge on any atom is 0.175 e. The fourth-order valence-corrected chi connectivity index (χ4v) is 2.81. The van der Waals surface area contributed by atoms with Gasteiger partial charge < -0.3 is 5.73 Å². The zero-order chi connectivity index (χ0) is 13.6. The summed E-state index contributed by atoms with van der Waals surface area (Å²) in [5.74, 6) is 0.493. The summed E-state index contributed by atoms with van der Waals surface area (Å²) in [4.78, 5) is 0.389. The molecule has 18 heavy (non-hydrogen) atoms. The molecule has 1 aromatic carbocycles. The van der Waals surface area contributed by atoms with E-state index in [1.807, 2.05) is 12.1 Å². The number of hydrogen-bond donors (Lipinski definition) is 1. The molecule has 3 nitrogen and oxygen atoms in total. The molecule has 0 fully saturated rings. The summed E-state index contributed by atoms with van der Waals surface area (Å²) in [5, 5.41) is 0. The largest absolute Gasteiger partial charge is 0.330 e. The molecule has 0 radical (unpaired) electrons. The lowest BCUT2D eigenvalue weighted by molar-refractivity contribution is 0.549. The van der Waals surface area contributed by atoms with Gasteiger partial charge in [0.25, 0.3) is 0 Å². The first kappa shape index (κ1) is 15.2. The van der Waals surface area contributed by atoms with Crippen LogP contribution in [0.1, 0.15) is 44.1 Å². The fraction of sp³-hybridized carbons (Fsp3) is 0.571. The van der Waals surface area contributed by atoms with Crippen molar-refractivity contribution in [3.8, 4) is 0 Å². The van der Waals surface area contributed by atoms with Crippen molar-refractivity contribution in [1.29, 1.82) is 0 Å². The van der Waals surface area contributed by atoms with E-state index in [9.17, 15) is 8.42 Å². The van der Waals surface area contributed by atoms with Gasteiger partial charge in [-0.1, -0.05) is 25.5 Å². The van der Waals surface area contributed by atoms with Gasteiger partial charge in [-0.25, -0.2) is 8.42 Å². The van der Waals surface area contributed by atoms with Crippen molar-refractivity contribution in [2.45, 2.75) is 43.4 Å². The highest BCUT2D eigenvalue weighted by molar-refractivity contribution is 7.90. The highest BCUT2D eigenvalue weighted by Gasteiger charge is 2.12. The Kier molecular flexibility index (Phi) is 5.82. The summed E-state index contributed by atoms with van der Waals surface area (Å²) in [5.41, 5.74) is 6.77. The van der Waals surface area contributed by atoms with Crippen LogP contribution in [0.3, 0.4) is 0 Å². The van der Waals surface area contributed by atoms with E-state index >= 15 is 0 Å². The molecule has 0 spiro atoms. The van der Waals surface area contributed by atoms with Crippen molar-refractivity contribution in [3.05, 3.63) is 29.8 Å². The highest BCUT2D eigenvalue weighted by atomic mass is 32.2. The predicted molar refractivity (Wildman–Crippen MR) is 75.5 cm³/mol. The van der Waals surface area contributed by atoms with Crippen LogP contribution < -0.4 is 5.73 Å². The van der Waals surface area contributed by atoms with Crippen LogP contribution in [0.2, 0.25) is 0 Å². The Labute approximate surface area is 110 Å². The minimum absolute atomic E-state index is 0.389. The zero-order valence-corrected chi connectivity index (χ0v) is 12.0. The van der Waals surface area contributed by atoms with Crippen molar-refractivity contribution >= 4 is 9.84 Å². The minimum Gasteiger partial charge on any atom is -0.330 e. The summed E-state index contributed by atoms with van der Waals surface area (Å²) < 4.78 is 22.8. The van der Waals surface area contributed by atoms with Gasteiger partial charge in [-0.05, 0) is 49.4 Å². The third-order valence-electron chi connectivity index (χ3n) is 3.17. The first-order chi connectivity index (χ1) is 8.49. The summed E-state index contributed by atoms with van der Waals surface area (Å²) >= 11 is 0. The van der Waals surface area contributed by atoms with Gasteiger partial charge >= 0.3 is 0 Å². The molecule has 1 atom stereocenters. The number of rotatable bonds is 7. The van der Waals surface area contributed by atoms with Gasteiger partial charge in [0.1, 0.15) is 0 Å². The molecule has 1 rings (SSSR count). The van der Waals surface area contributed by atoms with Gasteiger partial charge in [0, 0.05) is 6.26 Å². The topological polar surface area (TPSA) is 60.2 Å². The molecule has 102 valence electrons. The van der Waals surface area contributed by atoms with Crippen LogP contribution in [-0.4, -0.2) is 21.2 Å². The Balaban J connectivity index is 2.86. The molecule has 4 heteroatoms. The molecule has 0 bridgehead atoms. The number of benzene rings is 1. The van der Waals surface area contributed by atoms with Crippen molar-refractivity contribution in [2.24, 2.45) is 5.73 Å². The molecule has 0 amide bonds. The molecule has 0 heterocycles. The maximum atomic E-state index is 11.4. The van der Waals surface area contributed by atoms with E-state index in [1.165, 1.54) is 11.8 Å². The second-order valence-electron chi connectivity index (χ2n) is 4.76. The van der Waals surface area contributed by atoms with Crippen molar-refractivity contribution < 1.29 is 8.42 Å². The predicted octanol–water partition coefficient (Wildman–Crippen LogP) is 2.71. The van der Waals surface area contributed by atoms with Gasteiger partial charge in [0.05, 0.1) is 4.90 Å². The summed E-state index contributed by atoms with van der Waals surface area (Å²) in [7, 11) is -3.09. The Morgan fingerprint density at radius 1 is 1.17 bits per heavy atom. The zero-order valence-electron chi connectivity index (χ0n) is 11.2. The summed E-state index contributed by atoms with van der Waals surface area (Å²) in [6.45, 7) is 2.88. The fourth-order valence-electron chi connectivity index (χ4n) is 2.18. The van der Waals surface area contributed by atoms with E-state index in [1.54, 1.807) is 12.1 Å². The van der Waals surface area contributed by atoms with E-state index in [-0.39, 0.29) is 0 Å². The van der Waals surface area contributed by atoms with Crippen LogP contribution in [0.25, 0.3) is 0 Å². The normalized spacial score (nSPS) is 13.5. The molecular formula is C14H23NO2S. The van der Waals surface area contributed by atoms with Crippen molar-refractivity contribution in [2.75, 3.05) is 12.8 Å². The molecule has 0 aliphatic heterocycles. The van der Waals surface area contributed by atoms with Gasteiger partial charge in [-0.15, -0.1) is 0 Å². The first-order valence-electron chi connectivity index (χ1n) is 6.49. The van der Waals surface area contributed by atoms with Crippen LogP contribution in [0.15, 0.2) is 29.2 Å². The lowest BCUT2D eigenvalue weighted by atomic mass is 9.90. The standard InChI is InChI=1S/C14H23NO2S/c1-3-5-12(6-4-11-15)13-7-9-14(10-8-13)18(2,16)17/h7-10,12H,3-6,11,15H2,1-2H3. The van der Waals surface area contributed by atoms with Crippen LogP contribution in [-0.2, 0) is 9.84 Å². The number of sulfone groups is 1. The molecule has 1 unspecified atom stereocenters. The Bertz CT molecular complexity index is 451. The van der Waals surface area contributed by atoms with E-state index in [4.69, 9.17) is 5.73 Å². The average Bonchev–Trinajstić information content (AvgIpc) is 2.33. The SMILES string of the molecule is CCCC(CCCN)c1ccc(S(C)(=O)=O)cc1. The third kappa shape index (κ3) is 4.42. The molecular weight excluding hydrogens is 246 g/mol. The number of nitrogens with two attached hydrogens (primary N) is 1. The Morgan fingerprint density at radius 3 is 2.22 bits per heavy atom. The van der Waals surface area contributed by atoms with E-state index < -0.39 is 9.84 Å². The molecule has 0 aliphatic rings. The van der Waals surface area contributed by atoms with Crippen LogP contribution in [0.5, 0.6) is 0 Å². The van der Waals surface area contributed by atoms with Gasteiger partial charge in [0.2, 0.25) is 0 Å². The van der Waals surface area contributed by atoms with Crippen LogP contribution >= 0.6 is 0 Å². The lowest BCUT2D eigenvalue weighted by Crippen LogP contribution is -2.05. The number of hydrogen-bond acceptors (Lipinski definition) is 3. The van der Waals surface area contributed by atoms with Crippen molar-refractivity contribution in [3.63, 3.8) is 0 Å². The molecule has 0 aromatic heterocycles. The molecule has 0 aliphatic carbocycles. The third-order valence-corrected chi connectivity index (χ3v) is 4.30. The van der Waals surface area contributed by atoms with Crippen LogP contribution in [0, 0.1) is 0 Å². The smallest absolute Gasteiger partial charge is 0.175 e.